The minimum absolute atomic E-state index is 0.153. The quantitative estimate of drug-likeness (QED) is 0.801. The number of hydrogen-bond acceptors (Lipinski definition) is 3. The molecule has 2 saturated heterocycles. The number of ether oxygens (including phenoxy) is 1. The molecule has 0 aromatic heterocycles. The van der Waals surface area contributed by atoms with Crippen LogP contribution in [0.2, 0.25) is 0 Å². The van der Waals surface area contributed by atoms with E-state index in [2.05, 4.69) is 12.2 Å². The Hall–Kier alpha value is -0.610. The second-order valence-corrected chi connectivity index (χ2v) is 5.08. The van der Waals surface area contributed by atoms with Gasteiger partial charge in [-0.25, -0.2) is 0 Å². The summed E-state index contributed by atoms with van der Waals surface area (Å²) in [5, 5.41) is 3.51. The van der Waals surface area contributed by atoms with Crippen LogP contribution in [0.25, 0.3) is 0 Å². The van der Waals surface area contributed by atoms with E-state index in [1.807, 2.05) is 4.90 Å². The molecule has 1 N–H and O–H groups in total. The molecule has 1 amide bonds. The largest absolute Gasteiger partial charge is 0.368 e. The smallest absolute Gasteiger partial charge is 0.251 e. The van der Waals surface area contributed by atoms with Crippen molar-refractivity contribution in [3.8, 4) is 0 Å². The van der Waals surface area contributed by atoms with E-state index in [4.69, 9.17) is 4.74 Å². The minimum Gasteiger partial charge on any atom is -0.368 e. The third-order valence-electron chi connectivity index (χ3n) is 3.62. The molecule has 0 radical (unpaired) electrons. The van der Waals surface area contributed by atoms with Crippen LogP contribution in [0.4, 0.5) is 0 Å². The maximum Gasteiger partial charge on any atom is 0.251 e. The van der Waals surface area contributed by atoms with Crippen LogP contribution in [0.5, 0.6) is 0 Å². The van der Waals surface area contributed by atoms with E-state index >= 15 is 0 Å². The van der Waals surface area contributed by atoms with Crippen LogP contribution in [0.15, 0.2) is 0 Å². The lowest BCUT2D eigenvalue weighted by Crippen LogP contribution is -2.50. The zero-order valence-corrected chi connectivity index (χ0v) is 10.8. The Morgan fingerprint density at radius 3 is 3.00 bits per heavy atom. The molecule has 2 aliphatic heterocycles. The normalized spacial score (nSPS) is 29.6. The van der Waals surface area contributed by atoms with Gasteiger partial charge in [0.15, 0.2) is 0 Å². The second-order valence-electron chi connectivity index (χ2n) is 5.08. The van der Waals surface area contributed by atoms with E-state index in [0.29, 0.717) is 6.04 Å². The summed E-state index contributed by atoms with van der Waals surface area (Å²) in [6, 6.07) is 0.481. The fourth-order valence-corrected chi connectivity index (χ4v) is 2.67. The number of likely N-dealkylation sites (tertiary alicyclic amines) is 1. The first-order valence-corrected chi connectivity index (χ1v) is 6.95. The maximum atomic E-state index is 12.2. The van der Waals surface area contributed by atoms with Crippen molar-refractivity contribution in [2.24, 2.45) is 0 Å². The highest BCUT2D eigenvalue weighted by molar-refractivity contribution is 5.81. The Balaban J connectivity index is 1.81. The summed E-state index contributed by atoms with van der Waals surface area (Å²) in [6.07, 6.45) is 5.23. The number of piperidine rings is 1. The van der Waals surface area contributed by atoms with Gasteiger partial charge in [0.25, 0.3) is 5.91 Å². The van der Waals surface area contributed by atoms with Crippen LogP contribution < -0.4 is 5.32 Å². The number of rotatable bonds is 4. The highest BCUT2D eigenvalue weighted by Gasteiger charge is 2.31. The maximum absolute atomic E-state index is 12.2. The summed E-state index contributed by atoms with van der Waals surface area (Å²) in [5.74, 6) is 0.213. The van der Waals surface area contributed by atoms with Gasteiger partial charge in [0.05, 0.1) is 0 Å². The fourth-order valence-electron chi connectivity index (χ4n) is 2.67. The van der Waals surface area contributed by atoms with Gasteiger partial charge in [-0.15, -0.1) is 0 Å². The van der Waals surface area contributed by atoms with Gasteiger partial charge in [-0.2, -0.15) is 0 Å². The Morgan fingerprint density at radius 2 is 2.29 bits per heavy atom. The van der Waals surface area contributed by atoms with Crippen molar-refractivity contribution in [1.29, 1.82) is 0 Å². The molecule has 0 aromatic rings. The van der Waals surface area contributed by atoms with Gasteiger partial charge in [0.1, 0.15) is 6.10 Å². The lowest BCUT2D eigenvalue weighted by atomic mass is 10.0. The molecular weight excluding hydrogens is 216 g/mol. The second kappa shape index (κ2) is 6.36. The van der Waals surface area contributed by atoms with Gasteiger partial charge in [-0.1, -0.05) is 6.92 Å². The average molecular weight is 240 g/mol. The Kier molecular flexibility index (Phi) is 4.80. The lowest BCUT2D eigenvalue weighted by molar-refractivity contribution is -0.142. The minimum atomic E-state index is -0.153. The van der Waals surface area contributed by atoms with E-state index in [9.17, 15) is 4.79 Å². The molecule has 0 spiro atoms. The summed E-state index contributed by atoms with van der Waals surface area (Å²) in [6.45, 7) is 5.74. The van der Waals surface area contributed by atoms with E-state index in [-0.39, 0.29) is 12.0 Å². The molecular formula is C13H24N2O2. The van der Waals surface area contributed by atoms with Crippen LogP contribution in [-0.2, 0) is 9.53 Å². The number of nitrogens with one attached hydrogen (secondary N) is 1. The first kappa shape index (κ1) is 12.8. The standard InChI is InChI=1S/C13H24N2O2/c1-2-7-14-11-5-3-8-15(10-11)13(16)12-6-4-9-17-12/h11-12,14H,2-10H2,1H3. The van der Waals surface area contributed by atoms with Gasteiger partial charge in [0.2, 0.25) is 0 Å². The van der Waals surface area contributed by atoms with Gasteiger partial charge in [0, 0.05) is 25.7 Å². The van der Waals surface area contributed by atoms with E-state index < -0.39 is 0 Å². The van der Waals surface area contributed by atoms with Crippen LogP contribution in [0, 0.1) is 0 Å². The number of nitrogens with zero attached hydrogens (tertiary/aromatic N) is 1. The molecule has 4 heteroatoms. The van der Waals surface area contributed by atoms with Crippen molar-refractivity contribution < 1.29 is 9.53 Å². The Bertz CT molecular complexity index is 252. The van der Waals surface area contributed by atoms with Crippen molar-refractivity contribution in [2.75, 3.05) is 26.2 Å². The SMILES string of the molecule is CCCNC1CCCN(C(=O)C2CCCO2)C1. The number of carbonyl (C=O) groups excluding carboxylic acids is 1. The molecule has 0 saturated carbocycles. The molecule has 2 heterocycles. The van der Waals surface area contributed by atoms with Crippen molar-refractivity contribution in [2.45, 2.75) is 51.2 Å². The predicted molar refractivity (Wildman–Crippen MR) is 66.9 cm³/mol. The van der Waals surface area contributed by atoms with Crippen LogP contribution in [-0.4, -0.2) is 49.2 Å². The summed E-state index contributed by atoms with van der Waals surface area (Å²) in [7, 11) is 0. The summed E-state index contributed by atoms with van der Waals surface area (Å²) >= 11 is 0. The lowest BCUT2D eigenvalue weighted by Gasteiger charge is -2.34. The first-order chi connectivity index (χ1) is 8.31. The fraction of sp³-hybridized carbons (Fsp3) is 0.923. The van der Waals surface area contributed by atoms with Gasteiger partial charge < -0.3 is 15.0 Å². The van der Waals surface area contributed by atoms with Crippen LogP contribution >= 0.6 is 0 Å². The summed E-state index contributed by atoms with van der Waals surface area (Å²) < 4.78 is 5.47. The zero-order chi connectivity index (χ0) is 12.1. The van der Waals surface area contributed by atoms with Crippen LogP contribution in [0.1, 0.15) is 39.0 Å². The topological polar surface area (TPSA) is 41.6 Å². The first-order valence-electron chi connectivity index (χ1n) is 6.95. The number of carbonyl (C=O) groups is 1. The molecule has 4 nitrogen and oxygen atoms in total. The van der Waals surface area contributed by atoms with E-state index in [1.54, 1.807) is 0 Å². The van der Waals surface area contributed by atoms with Crippen molar-refractivity contribution in [1.82, 2.24) is 10.2 Å². The summed E-state index contributed by atoms with van der Waals surface area (Å²) in [5.41, 5.74) is 0. The van der Waals surface area contributed by atoms with Gasteiger partial charge in [-0.3, -0.25) is 4.79 Å². The predicted octanol–water partition coefficient (Wildman–Crippen LogP) is 1.16. The Morgan fingerprint density at radius 1 is 1.41 bits per heavy atom. The highest BCUT2D eigenvalue weighted by Crippen LogP contribution is 2.18. The molecule has 0 aromatic carbocycles. The molecule has 2 atom stereocenters. The highest BCUT2D eigenvalue weighted by atomic mass is 16.5. The Labute approximate surface area is 104 Å². The van der Waals surface area contributed by atoms with E-state index in [1.165, 1.54) is 6.42 Å². The average Bonchev–Trinajstić information content (AvgIpc) is 2.89. The molecule has 0 aliphatic carbocycles. The molecule has 0 bridgehead atoms. The molecule has 2 unspecified atom stereocenters. The molecule has 2 fully saturated rings. The molecule has 17 heavy (non-hydrogen) atoms. The molecule has 2 aliphatic rings. The van der Waals surface area contributed by atoms with Crippen molar-refractivity contribution in [3.05, 3.63) is 0 Å². The number of amides is 1. The summed E-state index contributed by atoms with van der Waals surface area (Å²) in [4.78, 5) is 14.2. The van der Waals surface area contributed by atoms with Gasteiger partial charge in [-0.05, 0) is 38.6 Å². The van der Waals surface area contributed by atoms with Crippen molar-refractivity contribution >= 4 is 5.91 Å². The third kappa shape index (κ3) is 3.42. The van der Waals surface area contributed by atoms with Crippen molar-refractivity contribution in [3.63, 3.8) is 0 Å². The molecule has 2 rings (SSSR count). The van der Waals surface area contributed by atoms with Crippen LogP contribution in [0.3, 0.4) is 0 Å². The zero-order valence-electron chi connectivity index (χ0n) is 10.8. The van der Waals surface area contributed by atoms with E-state index in [0.717, 1.165) is 51.9 Å². The molecule has 98 valence electrons. The monoisotopic (exact) mass is 240 g/mol. The number of hydrogen-bond donors (Lipinski definition) is 1. The van der Waals surface area contributed by atoms with Gasteiger partial charge >= 0.3 is 0 Å². The third-order valence-corrected chi connectivity index (χ3v) is 3.62.